The molecule has 140 valence electrons. The Kier molecular flexibility index (Phi) is 8.82. The second-order valence-corrected chi connectivity index (χ2v) is 5.50. The first-order chi connectivity index (χ1) is 10.9. The number of pyridine rings is 1. The highest BCUT2D eigenvalue weighted by Gasteiger charge is 2.19. The summed E-state index contributed by atoms with van der Waals surface area (Å²) in [6.45, 7) is 6.56. The number of hydrogen-bond acceptors (Lipinski definition) is 5. The molecule has 2 rings (SSSR count). The van der Waals surface area contributed by atoms with E-state index in [1.807, 2.05) is 13.8 Å². The van der Waals surface area contributed by atoms with Gasteiger partial charge in [-0.2, -0.15) is 0 Å². The van der Waals surface area contributed by atoms with Gasteiger partial charge in [0.15, 0.2) is 5.65 Å². The monoisotopic (exact) mass is 391 g/mol. The van der Waals surface area contributed by atoms with Crippen LogP contribution in [0.5, 0.6) is 0 Å². The fourth-order valence-electron chi connectivity index (χ4n) is 2.34. The summed E-state index contributed by atoms with van der Waals surface area (Å²) in [6, 6.07) is 1.60. The molecule has 0 aliphatic rings. The number of amides is 1. The smallest absolute Gasteiger partial charge is 0.329 e. The van der Waals surface area contributed by atoms with Gasteiger partial charge in [0.25, 0.3) is 11.5 Å². The fourth-order valence-corrected chi connectivity index (χ4v) is 2.34. The van der Waals surface area contributed by atoms with Crippen LogP contribution in [0.4, 0.5) is 0 Å². The number of aromatic amines is 1. The Hall–Kier alpha value is -1.90. The van der Waals surface area contributed by atoms with Crippen molar-refractivity contribution < 1.29 is 4.79 Å². The summed E-state index contributed by atoms with van der Waals surface area (Å²) < 4.78 is 1.35. The van der Waals surface area contributed by atoms with E-state index in [0.29, 0.717) is 25.3 Å². The third-order valence-electron chi connectivity index (χ3n) is 3.55. The zero-order valence-corrected chi connectivity index (χ0v) is 15.9. The van der Waals surface area contributed by atoms with Crippen molar-refractivity contribution in [2.75, 3.05) is 13.1 Å². The molecule has 8 nitrogen and oxygen atoms in total. The summed E-state index contributed by atoms with van der Waals surface area (Å²) in [7, 11) is 0. The highest BCUT2D eigenvalue weighted by Crippen LogP contribution is 2.19. The van der Waals surface area contributed by atoms with Crippen LogP contribution in [0.25, 0.3) is 11.0 Å². The van der Waals surface area contributed by atoms with Crippen LogP contribution in [-0.2, 0) is 6.54 Å². The van der Waals surface area contributed by atoms with Crippen LogP contribution in [0.3, 0.4) is 0 Å². The second-order valence-electron chi connectivity index (χ2n) is 5.50. The Bertz CT molecular complexity index is 861. The molecule has 0 fully saturated rings. The first kappa shape index (κ1) is 23.1. The van der Waals surface area contributed by atoms with Gasteiger partial charge in [0.05, 0.1) is 10.9 Å². The van der Waals surface area contributed by atoms with Gasteiger partial charge in [0.1, 0.15) is 0 Å². The lowest BCUT2D eigenvalue weighted by molar-refractivity contribution is 0.0956. The Labute approximate surface area is 157 Å². The molecule has 0 aromatic carbocycles. The zero-order valence-electron chi connectivity index (χ0n) is 14.3. The number of nitrogens with two attached hydrogens (primary N) is 1. The van der Waals surface area contributed by atoms with Crippen molar-refractivity contribution in [3.05, 3.63) is 38.2 Å². The summed E-state index contributed by atoms with van der Waals surface area (Å²) in [5.74, 6) is -0.364. The Balaban J connectivity index is 0.00000288. The number of fused-ring (bicyclic) bond motifs is 1. The van der Waals surface area contributed by atoms with Crippen molar-refractivity contribution >= 4 is 41.8 Å². The van der Waals surface area contributed by atoms with E-state index in [2.05, 4.69) is 15.3 Å². The van der Waals surface area contributed by atoms with Gasteiger partial charge < -0.3 is 11.1 Å². The molecule has 2 heterocycles. The van der Waals surface area contributed by atoms with E-state index in [0.717, 1.165) is 0 Å². The van der Waals surface area contributed by atoms with Crippen LogP contribution in [0, 0.1) is 0 Å². The van der Waals surface area contributed by atoms with E-state index in [-0.39, 0.29) is 47.3 Å². The molecule has 0 saturated heterocycles. The zero-order chi connectivity index (χ0) is 17.1. The lowest BCUT2D eigenvalue weighted by Gasteiger charge is -2.13. The van der Waals surface area contributed by atoms with Crippen LogP contribution in [0.2, 0.25) is 0 Å². The van der Waals surface area contributed by atoms with Crippen molar-refractivity contribution in [1.29, 1.82) is 0 Å². The lowest BCUT2D eigenvalue weighted by Crippen LogP contribution is -2.34. The minimum absolute atomic E-state index is 0. The van der Waals surface area contributed by atoms with E-state index in [4.69, 9.17) is 5.73 Å². The number of nitrogens with zero attached hydrogens (tertiary/aromatic N) is 2. The molecule has 0 atom stereocenters. The lowest BCUT2D eigenvalue weighted by atomic mass is 10.0. The maximum Gasteiger partial charge on any atom is 0.329 e. The molecule has 10 heteroatoms. The van der Waals surface area contributed by atoms with E-state index in [1.54, 1.807) is 13.0 Å². The molecular formula is C15H23Cl2N5O3. The summed E-state index contributed by atoms with van der Waals surface area (Å²) in [6.07, 6.45) is 0. The van der Waals surface area contributed by atoms with Gasteiger partial charge in [-0.05, 0) is 18.9 Å². The summed E-state index contributed by atoms with van der Waals surface area (Å²) in [4.78, 5) is 43.3. The average molecular weight is 392 g/mol. The number of H-pyrrole nitrogens is 1. The minimum atomic E-state index is -0.615. The first-order valence-electron chi connectivity index (χ1n) is 7.56. The molecule has 0 saturated carbocycles. The first-order valence-corrected chi connectivity index (χ1v) is 7.56. The van der Waals surface area contributed by atoms with Gasteiger partial charge in [-0.3, -0.25) is 19.1 Å². The van der Waals surface area contributed by atoms with Gasteiger partial charge in [0, 0.05) is 25.3 Å². The number of halogens is 2. The number of carbonyl (C=O) groups is 1. The van der Waals surface area contributed by atoms with Crippen LogP contribution in [0.1, 0.15) is 42.7 Å². The fraction of sp³-hybridized carbons (Fsp3) is 0.467. The molecule has 4 N–H and O–H groups in total. The Morgan fingerprint density at radius 2 is 2.00 bits per heavy atom. The van der Waals surface area contributed by atoms with Crippen molar-refractivity contribution in [1.82, 2.24) is 19.9 Å². The third-order valence-corrected chi connectivity index (χ3v) is 3.55. The maximum atomic E-state index is 12.4. The molecule has 0 spiro atoms. The number of aromatic nitrogens is 3. The van der Waals surface area contributed by atoms with Crippen molar-refractivity contribution in [3.8, 4) is 0 Å². The van der Waals surface area contributed by atoms with Gasteiger partial charge in [-0.1, -0.05) is 13.8 Å². The standard InChI is InChI=1S/C15H21N5O3.2ClH/c1-4-20-12-11(14(22)19-15(20)23)9(13(21)17-6-5-16)7-10(18-12)8(2)3;;/h7-8H,4-6,16H2,1-3H3,(H,17,21)(H,19,22,23);2*1H. The number of nitrogens with one attached hydrogen (secondary N) is 2. The third kappa shape index (κ3) is 4.59. The molecular weight excluding hydrogens is 369 g/mol. The predicted octanol–water partition coefficient (Wildman–Crippen LogP) is 0.760. The largest absolute Gasteiger partial charge is 0.351 e. The average Bonchev–Trinajstić information content (AvgIpc) is 2.51. The molecule has 0 aliphatic heterocycles. The van der Waals surface area contributed by atoms with Crippen molar-refractivity contribution in [3.63, 3.8) is 0 Å². The van der Waals surface area contributed by atoms with Crippen LogP contribution >= 0.6 is 24.8 Å². The molecule has 0 bridgehead atoms. The highest BCUT2D eigenvalue weighted by atomic mass is 35.5. The van der Waals surface area contributed by atoms with Crippen molar-refractivity contribution in [2.24, 2.45) is 5.73 Å². The number of hydrogen-bond donors (Lipinski definition) is 3. The molecule has 0 aliphatic carbocycles. The van der Waals surface area contributed by atoms with Crippen molar-refractivity contribution in [2.45, 2.75) is 33.2 Å². The van der Waals surface area contributed by atoms with Crippen LogP contribution in [-0.4, -0.2) is 33.5 Å². The number of aryl methyl sites for hydroxylation is 1. The predicted molar refractivity (Wildman–Crippen MR) is 102 cm³/mol. The van der Waals surface area contributed by atoms with Gasteiger partial charge in [0.2, 0.25) is 0 Å². The van der Waals surface area contributed by atoms with Gasteiger partial charge in [-0.15, -0.1) is 24.8 Å². The molecule has 1 amide bonds. The van der Waals surface area contributed by atoms with E-state index in [1.165, 1.54) is 4.57 Å². The number of carbonyl (C=O) groups excluding carboxylic acids is 1. The van der Waals surface area contributed by atoms with Crippen LogP contribution in [0.15, 0.2) is 15.7 Å². The molecule has 2 aromatic heterocycles. The Morgan fingerprint density at radius 3 is 2.52 bits per heavy atom. The quantitative estimate of drug-likeness (QED) is 0.693. The summed E-state index contributed by atoms with van der Waals surface area (Å²) in [5.41, 5.74) is 5.32. The molecule has 2 aromatic rings. The molecule has 0 radical (unpaired) electrons. The second kappa shape index (κ2) is 9.55. The Morgan fingerprint density at radius 1 is 1.36 bits per heavy atom. The van der Waals surface area contributed by atoms with Gasteiger partial charge in [-0.25, -0.2) is 9.78 Å². The van der Waals surface area contributed by atoms with E-state index in [9.17, 15) is 14.4 Å². The van der Waals surface area contributed by atoms with E-state index >= 15 is 0 Å². The summed E-state index contributed by atoms with van der Waals surface area (Å²) >= 11 is 0. The normalized spacial score (nSPS) is 10.3. The van der Waals surface area contributed by atoms with Crippen LogP contribution < -0.4 is 22.3 Å². The SMILES string of the molecule is CCn1c(=O)[nH]c(=O)c2c(C(=O)NCCN)cc(C(C)C)nc21.Cl.Cl. The number of rotatable bonds is 5. The van der Waals surface area contributed by atoms with Gasteiger partial charge >= 0.3 is 5.69 Å². The topological polar surface area (TPSA) is 123 Å². The minimum Gasteiger partial charge on any atom is -0.351 e. The molecule has 0 unspecified atom stereocenters. The summed E-state index contributed by atoms with van der Waals surface area (Å²) in [5, 5.41) is 2.77. The molecule has 25 heavy (non-hydrogen) atoms. The van der Waals surface area contributed by atoms with E-state index < -0.39 is 17.2 Å². The maximum absolute atomic E-state index is 12.4. The highest BCUT2D eigenvalue weighted by molar-refractivity contribution is 6.05.